The molecule has 1 saturated heterocycles. The van der Waals surface area contributed by atoms with Crippen LogP contribution in [0.3, 0.4) is 0 Å². The Labute approximate surface area is 107 Å². The molecule has 0 aliphatic carbocycles. The number of rotatable bonds is 2. The van der Waals surface area contributed by atoms with Crippen LogP contribution in [-0.2, 0) is 21.9 Å². The molecule has 1 fully saturated rings. The summed E-state index contributed by atoms with van der Waals surface area (Å²) in [5, 5.41) is 7.31. The van der Waals surface area contributed by atoms with Gasteiger partial charge >= 0.3 is 0 Å². The average molecular weight is 323 g/mol. The molecule has 0 N–H and O–H groups in total. The number of aromatic nitrogens is 3. The number of sulfonamides is 1. The van der Waals surface area contributed by atoms with Crippen molar-refractivity contribution >= 4 is 31.7 Å². The van der Waals surface area contributed by atoms with E-state index >= 15 is 0 Å². The van der Waals surface area contributed by atoms with Crippen LogP contribution >= 0.6 is 15.9 Å². The minimum absolute atomic E-state index is 0.0202. The van der Waals surface area contributed by atoms with Gasteiger partial charge in [0.05, 0.1) is 0 Å². The summed E-state index contributed by atoms with van der Waals surface area (Å²) in [6.07, 6.45) is 0.532. The Balaban J connectivity index is 2.34. The fourth-order valence-electron chi connectivity index (χ4n) is 1.69. The number of halogens is 1. The standard InChI is InChI=1S/C8H11BrN4O3S/c1-12-8(7(9)10-11-12)17(15,16)13-4-2-6(14)3-5-13/h2-5H2,1H3. The number of hydrogen-bond acceptors (Lipinski definition) is 5. The van der Waals surface area contributed by atoms with Crippen LogP contribution in [0.2, 0.25) is 0 Å². The van der Waals surface area contributed by atoms with Gasteiger partial charge in [-0.2, -0.15) is 4.31 Å². The van der Waals surface area contributed by atoms with Crippen molar-refractivity contribution in [3.05, 3.63) is 4.60 Å². The fourth-order valence-corrected chi connectivity index (χ4v) is 4.17. The van der Waals surface area contributed by atoms with Crippen molar-refractivity contribution in [3.8, 4) is 0 Å². The number of nitrogens with zero attached hydrogens (tertiary/aromatic N) is 4. The predicted molar refractivity (Wildman–Crippen MR) is 61.7 cm³/mol. The number of aryl methyl sites for hydroxylation is 1. The van der Waals surface area contributed by atoms with E-state index in [1.165, 1.54) is 16.0 Å². The van der Waals surface area contributed by atoms with Crippen molar-refractivity contribution in [1.29, 1.82) is 0 Å². The summed E-state index contributed by atoms with van der Waals surface area (Å²) < 4.78 is 27.2. The maximum Gasteiger partial charge on any atom is 0.263 e. The lowest BCUT2D eigenvalue weighted by molar-refractivity contribution is -0.120. The van der Waals surface area contributed by atoms with E-state index in [0.717, 1.165) is 0 Å². The van der Waals surface area contributed by atoms with Crippen molar-refractivity contribution in [2.45, 2.75) is 17.9 Å². The molecule has 7 nitrogen and oxygen atoms in total. The minimum Gasteiger partial charge on any atom is -0.300 e. The normalized spacial score (nSPS) is 18.6. The fraction of sp³-hybridized carbons (Fsp3) is 0.625. The third-order valence-corrected chi connectivity index (χ3v) is 5.39. The molecule has 2 rings (SSSR count). The van der Waals surface area contributed by atoms with Gasteiger partial charge in [-0.15, -0.1) is 5.10 Å². The van der Waals surface area contributed by atoms with Gasteiger partial charge in [0, 0.05) is 33.0 Å². The highest BCUT2D eigenvalue weighted by atomic mass is 79.9. The summed E-state index contributed by atoms with van der Waals surface area (Å²) in [4.78, 5) is 11.1. The van der Waals surface area contributed by atoms with Gasteiger partial charge in [0.25, 0.3) is 10.0 Å². The molecule has 1 aromatic heterocycles. The van der Waals surface area contributed by atoms with Crippen LogP contribution in [-0.4, -0.2) is 46.6 Å². The highest BCUT2D eigenvalue weighted by molar-refractivity contribution is 9.10. The van der Waals surface area contributed by atoms with Crippen molar-refractivity contribution < 1.29 is 13.2 Å². The Kier molecular flexibility index (Phi) is 3.32. The third kappa shape index (κ3) is 2.26. The summed E-state index contributed by atoms with van der Waals surface area (Å²) in [6.45, 7) is 0.442. The lowest BCUT2D eigenvalue weighted by atomic mass is 10.1. The quantitative estimate of drug-likeness (QED) is 0.761. The van der Waals surface area contributed by atoms with Crippen molar-refractivity contribution in [2.75, 3.05) is 13.1 Å². The molecule has 0 amide bonds. The first-order chi connectivity index (χ1) is 7.93. The van der Waals surface area contributed by atoms with Gasteiger partial charge in [0.15, 0.2) is 4.60 Å². The van der Waals surface area contributed by atoms with Gasteiger partial charge in [0.2, 0.25) is 5.03 Å². The zero-order valence-electron chi connectivity index (χ0n) is 9.13. The van der Waals surface area contributed by atoms with Gasteiger partial charge in [0.1, 0.15) is 5.78 Å². The number of carbonyl (C=O) groups is 1. The Morgan fingerprint density at radius 3 is 2.35 bits per heavy atom. The van der Waals surface area contributed by atoms with Crippen LogP contribution < -0.4 is 0 Å². The summed E-state index contributed by atoms with van der Waals surface area (Å²) in [5.74, 6) is 0.0960. The van der Waals surface area contributed by atoms with Gasteiger partial charge in [-0.1, -0.05) is 5.21 Å². The molecule has 9 heteroatoms. The summed E-state index contributed by atoms with van der Waals surface area (Å²) >= 11 is 3.06. The van der Waals surface area contributed by atoms with Gasteiger partial charge in [-0.3, -0.25) is 4.79 Å². The summed E-state index contributed by atoms with van der Waals surface area (Å²) in [6, 6.07) is 0. The molecule has 2 heterocycles. The van der Waals surface area contributed by atoms with E-state index in [4.69, 9.17) is 0 Å². The number of carbonyl (C=O) groups excluding carboxylic acids is 1. The van der Waals surface area contributed by atoms with E-state index in [1.807, 2.05) is 0 Å². The molecule has 0 bridgehead atoms. The molecule has 94 valence electrons. The molecule has 0 radical (unpaired) electrons. The zero-order valence-corrected chi connectivity index (χ0v) is 11.5. The first-order valence-electron chi connectivity index (χ1n) is 5.00. The molecule has 0 spiro atoms. The van der Waals surface area contributed by atoms with Gasteiger partial charge in [-0.25, -0.2) is 13.1 Å². The lowest BCUT2D eigenvalue weighted by Gasteiger charge is -2.24. The van der Waals surface area contributed by atoms with E-state index in [1.54, 1.807) is 0 Å². The Morgan fingerprint density at radius 1 is 1.29 bits per heavy atom. The smallest absolute Gasteiger partial charge is 0.263 e. The molecular formula is C8H11BrN4O3S. The number of hydrogen-bond donors (Lipinski definition) is 0. The first-order valence-corrected chi connectivity index (χ1v) is 7.23. The van der Waals surface area contributed by atoms with Crippen LogP contribution in [0.25, 0.3) is 0 Å². The predicted octanol–water partition coefficient (Wildman–Crippen LogP) is -0.0688. The highest BCUT2D eigenvalue weighted by Crippen LogP contribution is 2.23. The molecule has 0 unspecified atom stereocenters. The molecule has 0 atom stereocenters. The molecule has 17 heavy (non-hydrogen) atoms. The lowest BCUT2D eigenvalue weighted by Crippen LogP contribution is -2.39. The molecule has 1 aliphatic heterocycles. The van der Waals surface area contributed by atoms with Crippen LogP contribution in [0.15, 0.2) is 9.63 Å². The minimum atomic E-state index is -3.63. The zero-order chi connectivity index (χ0) is 12.6. The van der Waals surface area contributed by atoms with E-state index in [2.05, 4.69) is 26.2 Å². The van der Waals surface area contributed by atoms with E-state index < -0.39 is 10.0 Å². The second-order valence-corrected chi connectivity index (χ2v) is 6.36. The monoisotopic (exact) mass is 322 g/mol. The molecule has 1 aliphatic rings. The van der Waals surface area contributed by atoms with Crippen LogP contribution in [0.4, 0.5) is 0 Å². The van der Waals surface area contributed by atoms with E-state index in [-0.39, 0.29) is 41.3 Å². The maximum atomic E-state index is 12.3. The summed E-state index contributed by atoms with van der Waals surface area (Å²) in [7, 11) is -2.12. The largest absolute Gasteiger partial charge is 0.300 e. The van der Waals surface area contributed by atoms with E-state index in [9.17, 15) is 13.2 Å². The van der Waals surface area contributed by atoms with Gasteiger partial charge < -0.3 is 0 Å². The van der Waals surface area contributed by atoms with Crippen molar-refractivity contribution in [3.63, 3.8) is 0 Å². The third-order valence-electron chi connectivity index (χ3n) is 2.60. The van der Waals surface area contributed by atoms with Crippen molar-refractivity contribution in [1.82, 2.24) is 19.3 Å². The first kappa shape index (κ1) is 12.7. The average Bonchev–Trinajstić information content (AvgIpc) is 2.59. The maximum absolute atomic E-state index is 12.3. The molecule has 1 aromatic rings. The van der Waals surface area contributed by atoms with Crippen LogP contribution in [0.1, 0.15) is 12.8 Å². The number of piperidine rings is 1. The SMILES string of the molecule is Cn1nnc(Br)c1S(=O)(=O)N1CCC(=O)CC1. The molecule has 0 saturated carbocycles. The number of Topliss-reactive ketones (excluding diaryl/α,β-unsaturated/α-hetero) is 1. The Hall–Kier alpha value is -0.800. The second-order valence-electron chi connectivity index (χ2n) is 3.75. The highest BCUT2D eigenvalue weighted by Gasteiger charge is 2.33. The number of ketones is 1. The Bertz CT molecular complexity index is 524. The van der Waals surface area contributed by atoms with Crippen LogP contribution in [0.5, 0.6) is 0 Å². The van der Waals surface area contributed by atoms with E-state index in [0.29, 0.717) is 0 Å². The van der Waals surface area contributed by atoms with Crippen molar-refractivity contribution in [2.24, 2.45) is 7.05 Å². The summed E-state index contributed by atoms with van der Waals surface area (Å²) in [5.41, 5.74) is 0. The topological polar surface area (TPSA) is 85.2 Å². The molecular weight excluding hydrogens is 312 g/mol. The van der Waals surface area contributed by atoms with Gasteiger partial charge in [-0.05, 0) is 15.9 Å². The Morgan fingerprint density at radius 2 is 1.88 bits per heavy atom. The second kappa shape index (κ2) is 4.46. The van der Waals surface area contributed by atoms with Crippen LogP contribution in [0, 0.1) is 0 Å². The molecule has 0 aromatic carbocycles.